The average molecular weight is 374 g/mol. The van der Waals surface area contributed by atoms with E-state index in [4.69, 9.17) is 18.9 Å². The lowest BCUT2D eigenvalue weighted by Gasteiger charge is -2.30. The zero-order valence-corrected chi connectivity index (χ0v) is 15.5. The summed E-state index contributed by atoms with van der Waals surface area (Å²) >= 11 is 0. The molecule has 2 heterocycles. The first-order valence-electron chi connectivity index (χ1n) is 8.19. The Kier molecular flexibility index (Phi) is 4.09. The Morgan fingerprint density at radius 2 is 1.07 bits per heavy atom. The van der Waals surface area contributed by atoms with Crippen molar-refractivity contribution in [2.75, 3.05) is 0 Å². The maximum atomic E-state index is 12.2. The van der Waals surface area contributed by atoms with Gasteiger partial charge in [-0.15, -0.1) is 0 Å². The molecule has 8 nitrogen and oxygen atoms in total. The lowest BCUT2D eigenvalue weighted by atomic mass is 10.0. The molecule has 2 fully saturated rings. The highest BCUT2D eigenvalue weighted by Gasteiger charge is 2.40. The number of esters is 4. The minimum absolute atomic E-state index is 0.250. The summed E-state index contributed by atoms with van der Waals surface area (Å²) in [6.45, 7) is 7.43. The molecule has 0 unspecified atom stereocenters. The molecule has 2 saturated heterocycles. The number of carbonyl (C=O) groups is 4. The van der Waals surface area contributed by atoms with Crippen LogP contribution in [0.4, 0.5) is 0 Å². The zero-order valence-electron chi connectivity index (χ0n) is 15.5. The molecule has 0 aromatic heterocycles. The summed E-state index contributed by atoms with van der Waals surface area (Å²) in [6.07, 6.45) is 0. The second kappa shape index (κ2) is 5.94. The van der Waals surface area contributed by atoms with Gasteiger partial charge in [-0.05, 0) is 22.9 Å². The minimum Gasteiger partial charge on any atom is -0.419 e. The van der Waals surface area contributed by atoms with Gasteiger partial charge in [0.1, 0.15) is 0 Å². The van der Waals surface area contributed by atoms with Crippen LogP contribution in [0.5, 0.6) is 0 Å². The smallest absolute Gasteiger partial charge is 0.349 e. The Balaban J connectivity index is 2.15. The van der Waals surface area contributed by atoms with Crippen LogP contribution in [-0.2, 0) is 38.1 Å². The Labute approximate surface area is 154 Å². The molecule has 3 rings (SSSR count). The van der Waals surface area contributed by atoms with Gasteiger partial charge < -0.3 is 18.9 Å². The van der Waals surface area contributed by atoms with Gasteiger partial charge in [-0.1, -0.05) is 18.2 Å². The standard InChI is InChI=1S/C19H18O8/c1-9-8-10(12-14(20)24-18(2,3)25-15(12)21)6-7-11(9)13-16(22)26-19(4,5)27-17(13)23/h6-8H,1-5H3. The summed E-state index contributed by atoms with van der Waals surface area (Å²) in [5, 5.41) is 0.531. The molecular formula is C19H18O8. The van der Waals surface area contributed by atoms with Crippen LogP contribution >= 0.6 is 0 Å². The average Bonchev–Trinajstić information content (AvgIpc) is 2.45. The molecule has 0 atom stereocenters. The maximum absolute atomic E-state index is 12.2. The van der Waals surface area contributed by atoms with Gasteiger partial charge in [0.2, 0.25) is 0 Å². The third kappa shape index (κ3) is 3.42. The summed E-state index contributed by atoms with van der Waals surface area (Å²) in [7, 11) is 0. The van der Waals surface area contributed by atoms with Crippen LogP contribution in [0.2, 0.25) is 0 Å². The van der Waals surface area contributed by atoms with Gasteiger partial charge in [0.25, 0.3) is 11.6 Å². The van der Waals surface area contributed by atoms with E-state index in [-0.39, 0.29) is 21.6 Å². The van der Waals surface area contributed by atoms with Crippen molar-refractivity contribution < 1.29 is 38.1 Å². The highest BCUT2D eigenvalue weighted by atomic mass is 16.7. The number of hydrogen-bond donors (Lipinski definition) is 0. The van der Waals surface area contributed by atoms with Crippen molar-refractivity contribution in [2.45, 2.75) is 46.2 Å². The Bertz CT molecular complexity index is 969. The van der Waals surface area contributed by atoms with Crippen molar-refractivity contribution in [3.8, 4) is 0 Å². The van der Waals surface area contributed by atoms with Gasteiger partial charge in [-0.2, -0.15) is 0 Å². The first-order valence-corrected chi connectivity index (χ1v) is 8.19. The molecule has 0 saturated carbocycles. The largest absolute Gasteiger partial charge is 0.419 e. The quantitative estimate of drug-likeness (QED) is 0.583. The van der Waals surface area contributed by atoms with E-state index in [0.717, 1.165) is 0 Å². The summed E-state index contributed by atoms with van der Waals surface area (Å²) in [5.41, 5.74) is -0.0451. The SMILES string of the molecule is Cc1cc(=C2C(=O)OC(C)(C)OC2=O)ccc1=C1C(=O)OC(C)(C)OC1=O. The number of carbonyl (C=O) groups excluding carboxylic acids is 4. The zero-order chi connectivity index (χ0) is 20.1. The first kappa shape index (κ1) is 18.6. The maximum Gasteiger partial charge on any atom is 0.349 e. The van der Waals surface area contributed by atoms with Crippen LogP contribution in [0.1, 0.15) is 33.3 Å². The third-order valence-corrected chi connectivity index (χ3v) is 3.95. The lowest BCUT2D eigenvalue weighted by Crippen LogP contribution is -2.44. The Hall–Kier alpha value is -3.16. The Morgan fingerprint density at radius 3 is 1.48 bits per heavy atom. The van der Waals surface area contributed by atoms with Crippen molar-refractivity contribution >= 4 is 35.0 Å². The number of benzene rings is 1. The van der Waals surface area contributed by atoms with Gasteiger partial charge in [0.05, 0.1) is 0 Å². The van der Waals surface area contributed by atoms with Gasteiger partial charge in [-0.25, -0.2) is 19.2 Å². The van der Waals surface area contributed by atoms with E-state index in [1.165, 1.54) is 45.9 Å². The second-order valence-corrected chi connectivity index (χ2v) is 7.14. The predicted molar refractivity (Wildman–Crippen MR) is 89.8 cm³/mol. The van der Waals surface area contributed by atoms with Crippen LogP contribution in [0.3, 0.4) is 0 Å². The van der Waals surface area contributed by atoms with Gasteiger partial charge in [0, 0.05) is 27.7 Å². The highest BCUT2D eigenvalue weighted by Crippen LogP contribution is 2.24. The van der Waals surface area contributed by atoms with Crippen LogP contribution in [0.15, 0.2) is 18.2 Å². The van der Waals surface area contributed by atoms with E-state index in [0.29, 0.717) is 5.56 Å². The lowest BCUT2D eigenvalue weighted by molar-refractivity contribution is -0.219. The molecular weight excluding hydrogens is 356 g/mol. The number of aryl methyl sites for hydroxylation is 1. The van der Waals surface area contributed by atoms with Crippen LogP contribution in [0, 0.1) is 6.92 Å². The minimum atomic E-state index is -1.34. The van der Waals surface area contributed by atoms with Crippen molar-refractivity contribution in [1.29, 1.82) is 0 Å². The molecule has 142 valence electrons. The van der Waals surface area contributed by atoms with E-state index in [2.05, 4.69) is 0 Å². The molecule has 0 bridgehead atoms. The van der Waals surface area contributed by atoms with Gasteiger partial charge in [-0.3, -0.25) is 0 Å². The van der Waals surface area contributed by atoms with Crippen molar-refractivity contribution in [3.05, 3.63) is 34.2 Å². The molecule has 0 spiro atoms. The summed E-state index contributed by atoms with van der Waals surface area (Å²) in [6, 6.07) is 4.35. The molecule has 1 aromatic carbocycles. The molecule has 8 heteroatoms. The van der Waals surface area contributed by atoms with Crippen molar-refractivity contribution in [1.82, 2.24) is 0 Å². The Morgan fingerprint density at radius 1 is 0.667 bits per heavy atom. The van der Waals surface area contributed by atoms with E-state index in [1.807, 2.05) is 0 Å². The number of rotatable bonds is 0. The predicted octanol–water partition coefficient (Wildman–Crippen LogP) is -0.0314. The number of ether oxygens (including phenoxy) is 4. The molecule has 0 N–H and O–H groups in total. The number of cyclic esters (lactones) is 4. The number of hydrogen-bond acceptors (Lipinski definition) is 8. The van der Waals surface area contributed by atoms with Gasteiger partial charge in [0.15, 0.2) is 11.1 Å². The second-order valence-electron chi connectivity index (χ2n) is 7.14. The fourth-order valence-corrected chi connectivity index (χ4v) is 2.86. The van der Waals surface area contributed by atoms with Crippen molar-refractivity contribution in [3.63, 3.8) is 0 Å². The van der Waals surface area contributed by atoms with E-state index < -0.39 is 35.5 Å². The molecule has 1 aromatic rings. The third-order valence-electron chi connectivity index (χ3n) is 3.95. The normalized spacial score (nSPS) is 21.2. The molecule has 2 aliphatic heterocycles. The molecule has 0 aliphatic carbocycles. The molecule has 0 amide bonds. The fourth-order valence-electron chi connectivity index (χ4n) is 2.86. The van der Waals surface area contributed by atoms with Crippen LogP contribution < -0.4 is 10.4 Å². The molecule has 27 heavy (non-hydrogen) atoms. The summed E-state index contributed by atoms with van der Waals surface area (Å²) in [5.74, 6) is -5.92. The van der Waals surface area contributed by atoms with E-state index in [1.54, 1.807) is 6.92 Å². The summed E-state index contributed by atoms with van der Waals surface area (Å²) < 4.78 is 20.4. The highest BCUT2D eigenvalue weighted by molar-refractivity contribution is 6.38. The first-order chi connectivity index (χ1) is 12.4. The molecule has 2 aliphatic rings. The fraction of sp³-hybridized carbons (Fsp3) is 0.368. The molecule has 0 radical (unpaired) electrons. The monoisotopic (exact) mass is 374 g/mol. The topological polar surface area (TPSA) is 105 Å². The summed E-state index contributed by atoms with van der Waals surface area (Å²) in [4.78, 5) is 48.8. The van der Waals surface area contributed by atoms with Gasteiger partial charge >= 0.3 is 23.9 Å². The van der Waals surface area contributed by atoms with Crippen LogP contribution in [0.25, 0.3) is 11.1 Å². The van der Waals surface area contributed by atoms with E-state index >= 15 is 0 Å². The van der Waals surface area contributed by atoms with Crippen molar-refractivity contribution in [2.24, 2.45) is 0 Å². The van der Waals surface area contributed by atoms with Crippen LogP contribution in [-0.4, -0.2) is 35.5 Å². The van der Waals surface area contributed by atoms with E-state index in [9.17, 15) is 19.2 Å².